The average Bonchev–Trinajstić information content (AvgIpc) is 3.09. The van der Waals surface area contributed by atoms with Crippen molar-refractivity contribution in [3.05, 3.63) is 131 Å². The number of carbonyl (C=O) groups is 1. The van der Waals surface area contributed by atoms with Gasteiger partial charge in [-0.05, 0) is 78.9 Å². The highest BCUT2D eigenvalue weighted by Gasteiger charge is 2.19. The van der Waals surface area contributed by atoms with Crippen LogP contribution in [0, 0.1) is 0 Å². The summed E-state index contributed by atoms with van der Waals surface area (Å²) in [6.45, 7) is 0. The highest BCUT2D eigenvalue weighted by atomic mass is 16.6. The maximum atomic E-state index is 12.6. The van der Waals surface area contributed by atoms with Crippen molar-refractivity contribution < 1.29 is 23.9 Å². The lowest BCUT2D eigenvalue weighted by Crippen LogP contribution is -2.13. The molecular formula is C35H31N5O5. The van der Waals surface area contributed by atoms with E-state index in [0.29, 0.717) is 39.5 Å². The van der Waals surface area contributed by atoms with E-state index in [4.69, 9.17) is 34.9 Å². The molecule has 45 heavy (non-hydrogen) atoms. The number of hydrogen-bond acceptors (Lipinski definition) is 9. The second-order valence-electron chi connectivity index (χ2n) is 9.66. The number of primary amides is 1. The molecule has 0 aliphatic heterocycles. The van der Waals surface area contributed by atoms with E-state index in [2.05, 4.69) is 10.3 Å². The van der Waals surface area contributed by atoms with Crippen LogP contribution >= 0.6 is 0 Å². The first kappa shape index (κ1) is 30.4. The van der Waals surface area contributed by atoms with E-state index >= 15 is 0 Å². The Balaban J connectivity index is 1.53. The van der Waals surface area contributed by atoms with Gasteiger partial charge in [-0.15, -0.1) is 0 Å². The number of ether oxygens (including phenoxy) is 2. The maximum Gasteiger partial charge on any atom is 0.249 e. The van der Waals surface area contributed by atoms with Gasteiger partial charge in [-0.3, -0.25) is 14.8 Å². The zero-order valence-corrected chi connectivity index (χ0v) is 25.2. The number of hydrogen-bond donors (Lipinski definition) is 1. The molecule has 0 unspecified atom stereocenters. The van der Waals surface area contributed by atoms with E-state index in [1.54, 1.807) is 38.7 Å². The molecule has 5 aromatic rings. The van der Waals surface area contributed by atoms with Crippen molar-refractivity contribution in [1.29, 1.82) is 0 Å². The quantitative estimate of drug-likeness (QED) is 0.151. The van der Waals surface area contributed by atoms with E-state index in [9.17, 15) is 4.79 Å². The molecule has 0 aliphatic carbocycles. The number of methoxy groups -OCH3 is 2. The van der Waals surface area contributed by atoms with Crippen LogP contribution in [0.1, 0.15) is 32.6 Å². The minimum atomic E-state index is -0.580. The Kier molecular flexibility index (Phi) is 9.44. The summed E-state index contributed by atoms with van der Waals surface area (Å²) in [5.41, 5.74) is 12.9. The number of carbonyl (C=O) groups excluding carboxylic acids is 1. The molecule has 0 fully saturated rings. The number of benzene rings is 3. The highest BCUT2D eigenvalue weighted by molar-refractivity contribution is 6.13. The topological polar surface area (TPSA) is 131 Å². The molecule has 226 valence electrons. The van der Waals surface area contributed by atoms with E-state index in [0.717, 1.165) is 33.8 Å². The number of pyridine rings is 2. The summed E-state index contributed by atoms with van der Waals surface area (Å²) in [5, 5.41) is 8.46. The first-order chi connectivity index (χ1) is 22.0. The van der Waals surface area contributed by atoms with E-state index < -0.39 is 5.91 Å². The second kappa shape index (κ2) is 14.0. The van der Waals surface area contributed by atoms with E-state index in [-0.39, 0.29) is 0 Å². The Morgan fingerprint density at radius 3 is 1.47 bits per heavy atom. The highest BCUT2D eigenvalue weighted by Crippen LogP contribution is 2.34. The number of rotatable bonds is 11. The monoisotopic (exact) mass is 601 g/mol. The summed E-state index contributed by atoms with van der Waals surface area (Å²) >= 11 is 0. The molecule has 2 N–H and O–H groups in total. The lowest BCUT2D eigenvalue weighted by Gasteiger charge is -2.14. The molecule has 10 heteroatoms. The van der Waals surface area contributed by atoms with Crippen LogP contribution in [-0.4, -0.2) is 55.7 Å². The molecule has 10 nitrogen and oxygen atoms in total. The molecule has 5 rings (SSSR count). The van der Waals surface area contributed by atoms with Crippen LogP contribution in [0.5, 0.6) is 11.5 Å². The van der Waals surface area contributed by atoms with Crippen molar-refractivity contribution in [3.63, 3.8) is 0 Å². The van der Waals surface area contributed by atoms with Gasteiger partial charge in [0, 0.05) is 51.3 Å². The maximum absolute atomic E-state index is 12.6. The Hall–Kier alpha value is -6.03. The predicted octanol–water partition coefficient (Wildman–Crippen LogP) is 5.72. The lowest BCUT2D eigenvalue weighted by molar-refractivity contribution is 0.100. The van der Waals surface area contributed by atoms with Gasteiger partial charge >= 0.3 is 0 Å². The largest absolute Gasteiger partial charge is 0.497 e. The van der Waals surface area contributed by atoms with Crippen LogP contribution in [0.4, 0.5) is 0 Å². The van der Waals surface area contributed by atoms with Crippen molar-refractivity contribution in [2.24, 2.45) is 16.0 Å². The fourth-order valence-electron chi connectivity index (χ4n) is 4.85. The van der Waals surface area contributed by atoms with Crippen LogP contribution in [-0.2, 0) is 9.68 Å². The molecule has 0 radical (unpaired) electrons. The smallest absolute Gasteiger partial charge is 0.249 e. The molecule has 0 bridgehead atoms. The Morgan fingerprint density at radius 2 is 1.07 bits per heavy atom. The van der Waals surface area contributed by atoms with Gasteiger partial charge in [0.15, 0.2) is 0 Å². The van der Waals surface area contributed by atoms with Gasteiger partial charge in [-0.1, -0.05) is 22.4 Å². The molecule has 0 saturated carbocycles. The molecule has 3 aromatic carbocycles. The van der Waals surface area contributed by atoms with Crippen molar-refractivity contribution in [3.8, 4) is 34.0 Å². The van der Waals surface area contributed by atoms with Crippen LogP contribution in [0.3, 0.4) is 0 Å². The molecule has 1 amide bonds. The van der Waals surface area contributed by atoms with Crippen molar-refractivity contribution in [1.82, 2.24) is 9.97 Å². The van der Waals surface area contributed by atoms with Crippen molar-refractivity contribution >= 4 is 17.3 Å². The van der Waals surface area contributed by atoms with Gasteiger partial charge in [0.05, 0.1) is 25.6 Å². The Labute approximate surface area is 260 Å². The lowest BCUT2D eigenvalue weighted by atomic mass is 9.93. The zero-order chi connectivity index (χ0) is 31.8. The third-order valence-corrected chi connectivity index (χ3v) is 7.03. The van der Waals surface area contributed by atoms with Crippen LogP contribution < -0.4 is 15.2 Å². The molecule has 0 atom stereocenters. The number of nitrogens with two attached hydrogens (primary N) is 1. The van der Waals surface area contributed by atoms with Crippen LogP contribution in [0.15, 0.2) is 114 Å². The van der Waals surface area contributed by atoms with Gasteiger partial charge in [0.2, 0.25) is 5.91 Å². The first-order valence-corrected chi connectivity index (χ1v) is 13.8. The average molecular weight is 602 g/mol. The summed E-state index contributed by atoms with van der Waals surface area (Å²) in [7, 11) is 6.20. The van der Waals surface area contributed by atoms with Gasteiger partial charge in [-0.25, -0.2) is 0 Å². The Bertz CT molecular complexity index is 1830. The summed E-state index contributed by atoms with van der Waals surface area (Å²) < 4.78 is 10.5. The summed E-state index contributed by atoms with van der Waals surface area (Å²) in [4.78, 5) is 32.3. The zero-order valence-electron chi connectivity index (χ0n) is 25.2. The third kappa shape index (κ3) is 6.65. The van der Waals surface area contributed by atoms with Crippen molar-refractivity contribution in [2.45, 2.75) is 0 Å². The third-order valence-electron chi connectivity index (χ3n) is 7.03. The molecule has 0 spiro atoms. The number of aromatic nitrogens is 2. The number of nitrogens with zero attached hydrogens (tertiary/aromatic N) is 4. The van der Waals surface area contributed by atoms with Gasteiger partial charge in [0.25, 0.3) is 0 Å². The van der Waals surface area contributed by atoms with Crippen LogP contribution in [0.25, 0.3) is 22.5 Å². The van der Waals surface area contributed by atoms with Crippen LogP contribution in [0.2, 0.25) is 0 Å². The normalized spacial score (nSPS) is 11.6. The summed E-state index contributed by atoms with van der Waals surface area (Å²) in [5.74, 6) is 0.878. The fourth-order valence-corrected chi connectivity index (χ4v) is 4.85. The summed E-state index contributed by atoms with van der Waals surface area (Å²) in [6, 6.07) is 27.7. The summed E-state index contributed by atoms with van der Waals surface area (Å²) in [6.07, 6.45) is 3.38. The second-order valence-corrected chi connectivity index (χ2v) is 9.66. The van der Waals surface area contributed by atoms with Gasteiger partial charge in [0.1, 0.15) is 37.1 Å². The minimum Gasteiger partial charge on any atom is -0.497 e. The molecular weight excluding hydrogens is 570 g/mol. The minimum absolute atomic E-state index is 0.319. The number of oxime groups is 2. The van der Waals surface area contributed by atoms with Crippen molar-refractivity contribution in [2.75, 3.05) is 28.4 Å². The van der Waals surface area contributed by atoms with E-state index in [1.165, 1.54) is 14.2 Å². The first-order valence-electron chi connectivity index (χ1n) is 13.8. The molecule has 0 aliphatic rings. The SMILES string of the molecule is CON=C(c1ccc(OC)cc1)c1ccc(-c2cccc(C(N)=O)c2-c2ccc(C(=NOC)c3ccc(OC)cc3)cn2)nc1. The van der Waals surface area contributed by atoms with Gasteiger partial charge < -0.3 is 24.9 Å². The Morgan fingerprint density at radius 1 is 0.600 bits per heavy atom. The van der Waals surface area contributed by atoms with Gasteiger partial charge in [-0.2, -0.15) is 0 Å². The number of amides is 1. The molecule has 2 heterocycles. The molecule has 0 saturated heterocycles. The molecule has 2 aromatic heterocycles. The predicted molar refractivity (Wildman–Crippen MR) is 173 cm³/mol. The van der Waals surface area contributed by atoms with E-state index in [1.807, 2.05) is 78.9 Å². The standard InChI is InChI=1S/C35H31N5O5/c1-42-26-14-8-22(9-15-26)33(39-44-3)24-12-18-30(37-20-24)28-6-5-7-29(35(36)41)32(28)31-19-13-25(21-38-31)34(40-45-4)23-10-16-27(43-2)17-11-23/h5-21H,1-4H3,(H2,36,41). The fraction of sp³-hybridized carbons (Fsp3) is 0.114.